The number of aliphatic hydroxyl groups is 2. The molecule has 0 bridgehead atoms. The van der Waals surface area contributed by atoms with E-state index in [0.717, 1.165) is 31.3 Å². The number of carbonyl (C=O) groups is 1. The Kier molecular flexibility index (Phi) is 6.41. The fourth-order valence-electron chi connectivity index (χ4n) is 5.20. The second-order valence-corrected chi connectivity index (χ2v) is 8.62. The molecule has 1 aliphatic heterocycles. The standard InChI is InChI=1S/C23H25N3O2.C2H4O2/c27-15-20-22(18-7-3-1-4-8-18)23(20)16-25(14-21(23)28)12-17-11-24-26(13-17)19-9-5-2-6-10-19;1-2(3)4/h1-11,13,20-22,27-28H,12,14-16H2;1H3,(H,3,4)/t20-,21+,22-,23-;/m1./s1. The Bertz CT molecular complexity index is 1040. The van der Waals surface area contributed by atoms with Crippen molar-refractivity contribution in [2.24, 2.45) is 11.3 Å². The summed E-state index contributed by atoms with van der Waals surface area (Å²) in [5.74, 6) is -0.479. The van der Waals surface area contributed by atoms with Crippen LogP contribution in [0.3, 0.4) is 0 Å². The Morgan fingerprint density at radius 2 is 1.75 bits per heavy atom. The zero-order chi connectivity index (χ0) is 22.7. The number of carboxylic acids is 1. The van der Waals surface area contributed by atoms with Crippen LogP contribution in [-0.4, -0.2) is 61.8 Å². The van der Waals surface area contributed by atoms with Gasteiger partial charge in [0.2, 0.25) is 0 Å². The summed E-state index contributed by atoms with van der Waals surface area (Å²) in [5, 5.41) is 32.8. The molecule has 168 valence electrons. The van der Waals surface area contributed by atoms with Gasteiger partial charge in [-0.1, -0.05) is 48.5 Å². The van der Waals surface area contributed by atoms with Crippen molar-refractivity contribution in [3.63, 3.8) is 0 Å². The molecule has 1 saturated heterocycles. The van der Waals surface area contributed by atoms with Gasteiger partial charge in [0.25, 0.3) is 5.97 Å². The number of β-amino-alcohol motifs (C(OH)–C–C–N with tert-alkyl or cyclic N) is 1. The molecule has 7 nitrogen and oxygen atoms in total. The van der Waals surface area contributed by atoms with Crippen molar-refractivity contribution >= 4 is 5.97 Å². The quantitative estimate of drug-likeness (QED) is 0.570. The van der Waals surface area contributed by atoms with Crippen LogP contribution in [0.5, 0.6) is 0 Å². The minimum atomic E-state index is -0.833. The van der Waals surface area contributed by atoms with Gasteiger partial charge in [-0.15, -0.1) is 0 Å². The van der Waals surface area contributed by atoms with E-state index in [1.165, 1.54) is 5.56 Å². The lowest BCUT2D eigenvalue weighted by Crippen LogP contribution is -2.23. The molecule has 3 aromatic rings. The van der Waals surface area contributed by atoms with Crippen molar-refractivity contribution in [1.29, 1.82) is 0 Å². The molecule has 3 N–H and O–H groups in total. The Labute approximate surface area is 187 Å². The highest BCUT2D eigenvalue weighted by atomic mass is 16.4. The number of benzene rings is 2. The number of aliphatic hydroxyl groups excluding tert-OH is 2. The Morgan fingerprint density at radius 1 is 1.12 bits per heavy atom. The predicted molar refractivity (Wildman–Crippen MR) is 120 cm³/mol. The molecule has 5 rings (SSSR count). The lowest BCUT2D eigenvalue weighted by molar-refractivity contribution is -0.134. The number of aliphatic carboxylic acids is 1. The van der Waals surface area contributed by atoms with Crippen LogP contribution < -0.4 is 0 Å². The summed E-state index contributed by atoms with van der Waals surface area (Å²) in [5.41, 5.74) is 3.16. The molecule has 7 heteroatoms. The maximum Gasteiger partial charge on any atom is 0.300 e. The summed E-state index contributed by atoms with van der Waals surface area (Å²) in [6.07, 6.45) is 3.53. The van der Waals surface area contributed by atoms with Crippen molar-refractivity contribution in [2.75, 3.05) is 19.7 Å². The maximum absolute atomic E-state index is 10.9. The predicted octanol–water partition coefficient (Wildman–Crippen LogP) is 2.53. The van der Waals surface area contributed by atoms with Crippen LogP contribution >= 0.6 is 0 Å². The molecule has 1 saturated carbocycles. The van der Waals surface area contributed by atoms with E-state index in [2.05, 4.69) is 28.3 Å². The van der Waals surface area contributed by atoms with Gasteiger partial charge in [0.05, 0.1) is 18.0 Å². The topological polar surface area (TPSA) is 98.8 Å². The third-order valence-electron chi connectivity index (χ3n) is 6.53. The third-order valence-corrected chi connectivity index (χ3v) is 6.53. The number of carboxylic acid groups (broad SMARTS) is 1. The number of likely N-dealkylation sites (tertiary alicyclic amines) is 1. The molecule has 2 aliphatic rings. The van der Waals surface area contributed by atoms with Gasteiger partial charge in [-0.3, -0.25) is 9.69 Å². The maximum atomic E-state index is 10.9. The molecule has 2 aromatic carbocycles. The fourth-order valence-corrected chi connectivity index (χ4v) is 5.20. The van der Waals surface area contributed by atoms with E-state index < -0.39 is 12.1 Å². The average molecular weight is 436 g/mol. The first-order valence-electron chi connectivity index (χ1n) is 10.8. The molecule has 1 spiro atoms. The van der Waals surface area contributed by atoms with Gasteiger partial charge in [-0.25, -0.2) is 4.68 Å². The molecule has 32 heavy (non-hydrogen) atoms. The Morgan fingerprint density at radius 3 is 2.38 bits per heavy atom. The van der Waals surface area contributed by atoms with Gasteiger partial charge in [0, 0.05) is 50.3 Å². The van der Waals surface area contributed by atoms with Crippen molar-refractivity contribution in [3.8, 4) is 5.69 Å². The smallest absolute Gasteiger partial charge is 0.300 e. The van der Waals surface area contributed by atoms with Crippen LogP contribution in [0.15, 0.2) is 73.1 Å². The number of aromatic nitrogens is 2. The molecule has 1 aliphatic carbocycles. The largest absolute Gasteiger partial charge is 0.481 e. The molecule has 2 heterocycles. The van der Waals surface area contributed by atoms with Crippen LogP contribution in [0.2, 0.25) is 0 Å². The molecule has 1 aromatic heterocycles. The molecular weight excluding hydrogens is 406 g/mol. The molecule has 2 fully saturated rings. The van der Waals surface area contributed by atoms with Gasteiger partial charge in [0.15, 0.2) is 0 Å². The van der Waals surface area contributed by atoms with Gasteiger partial charge in [-0.05, 0) is 29.5 Å². The molecule has 0 unspecified atom stereocenters. The van der Waals surface area contributed by atoms with Crippen LogP contribution in [0.4, 0.5) is 0 Å². The van der Waals surface area contributed by atoms with E-state index in [4.69, 9.17) is 9.90 Å². The number of hydrogen-bond donors (Lipinski definition) is 3. The number of hydrogen-bond acceptors (Lipinski definition) is 5. The fraction of sp³-hybridized carbons (Fsp3) is 0.360. The van der Waals surface area contributed by atoms with E-state index in [9.17, 15) is 10.2 Å². The van der Waals surface area contributed by atoms with Crippen molar-refractivity contribution in [3.05, 3.63) is 84.2 Å². The lowest BCUT2D eigenvalue weighted by atomic mass is 9.95. The highest BCUT2D eigenvalue weighted by Gasteiger charge is 2.70. The minimum Gasteiger partial charge on any atom is -0.481 e. The third kappa shape index (κ3) is 4.32. The van der Waals surface area contributed by atoms with Gasteiger partial charge in [-0.2, -0.15) is 5.10 Å². The second-order valence-electron chi connectivity index (χ2n) is 8.62. The van der Waals surface area contributed by atoms with Gasteiger partial charge in [0.1, 0.15) is 0 Å². The summed E-state index contributed by atoms with van der Waals surface area (Å²) in [7, 11) is 0. The van der Waals surface area contributed by atoms with Crippen LogP contribution in [0, 0.1) is 11.3 Å². The monoisotopic (exact) mass is 435 g/mol. The van der Waals surface area contributed by atoms with Crippen molar-refractivity contribution in [2.45, 2.75) is 25.5 Å². The molecule has 4 atom stereocenters. The van der Waals surface area contributed by atoms with Crippen LogP contribution in [0.1, 0.15) is 24.0 Å². The first-order chi connectivity index (χ1) is 15.5. The number of rotatable bonds is 5. The summed E-state index contributed by atoms with van der Waals surface area (Å²) < 4.78 is 1.89. The normalized spacial score (nSPS) is 26.5. The van der Waals surface area contributed by atoms with E-state index in [-0.39, 0.29) is 23.9 Å². The SMILES string of the molecule is CC(=O)O.OC[C@@H]1[C@@H](c2ccccc2)[C@]12CN(Cc1cnn(-c3ccccc3)c1)C[C@@H]2O. The number of nitrogens with zero attached hydrogens (tertiary/aromatic N) is 3. The summed E-state index contributed by atoms with van der Waals surface area (Å²) in [6.45, 7) is 3.40. The average Bonchev–Trinajstić information content (AvgIpc) is 3.02. The van der Waals surface area contributed by atoms with Gasteiger partial charge >= 0.3 is 0 Å². The minimum absolute atomic E-state index is 0.121. The Hall–Kier alpha value is -3.00. The Balaban J connectivity index is 0.000000567. The zero-order valence-electron chi connectivity index (χ0n) is 18.1. The first kappa shape index (κ1) is 22.2. The molecular formula is C25H29N3O4. The summed E-state index contributed by atoms with van der Waals surface area (Å²) in [4.78, 5) is 11.3. The van der Waals surface area contributed by atoms with E-state index in [1.807, 2.05) is 59.4 Å². The summed E-state index contributed by atoms with van der Waals surface area (Å²) in [6, 6.07) is 20.4. The molecule has 0 amide bonds. The van der Waals surface area contributed by atoms with E-state index in [0.29, 0.717) is 6.54 Å². The van der Waals surface area contributed by atoms with Crippen molar-refractivity contribution < 1.29 is 20.1 Å². The second kappa shape index (κ2) is 9.24. The lowest BCUT2D eigenvalue weighted by Gasteiger charge is -2.15. The highest BCUT2D eigenvalue weighted by Crippen LogP contribution is 2.68. The number of para-hydroxylation sites is 1. The van der Waals surface area contributed by atoms with E-state index >= 15 is 0 Å². The molecule has 0 radical (unpaired) electrons. The zero-order valence-corrected chi connectivity index (χ0v) is 18.1. The van der Waals surface area contributed by atoms with Crippen LogP contribution in [-0.2, 0) is 11.3 Å². The highest BCUT2D eigenvalue weighted by molar-refractivity contribution is 5.62. The van der Waals surface area contributed by atoms with Crippen molar-refractivity contribution in [1.82, 2.24) is 14.7 Å². The van der Waals surface area contributed by atoms with Gasteiger partial charge < -0.3 is 15.3 Å². The summed E-state index contributed by atoms with van der Waals surface area (Å²) >= 11 is 0. The first-order valence-corrected chi connectivity index (χ1v) is 10.8. The van der Waals surface area contributed by atoms with E-state index in [1.54, 1.807) is 0 Å². The van der Waals surface area contributed by atoms with Crippen LogP contribution in [0.25, 0.3) is 5.69 Å².